The summed E-state index contributed by atoms with van der Waals surface area (Å²) in [6.45, 7) is 15.7. The van der Waals surface area contributed by atoms with E-state index in [0.717, 1.165) is 55.2 Å². The molecule has 0 aliphatic heterocycles. The van der Waals surface area contributed by atoms with Crippen molar-refractivity contribution in [3.05, 3.63) is 89.8 Å². The third-order valence-electron chi connectivity index (χ3n) is 7.13. The average molecular weight is 560 g/mol. The van der Waals surface area contributed by atoms with Crippen molar-refractivity contribution in [1.29, 1.82) is 0 Å². The molecule has 40 heavy (non-hydrogen) atoms. The molecule has 2 atom stereocenters. The van der Waals surface area contributed by atoms with Crippen LogP contribution in [0.5, 0.6) is 0 Å². The van der Waals surface area contributed by atoms with Crippen LogP contribution in [0.1, 0.15) is 72.8 Å². The number of benzene rings is 1. The van der Waals surface area contributed by atoms with Gasteiger partial charge in [-0.1, -0.05) is 99.6 Å². The second kappa shape index (κ2) is 19.1. The van der Waals surface area contributed by atoms with Gasteiger partial charge in [0.25, 0.3) is 0 Å². The Morgan fingerprint density at radius 2 is 2.02 bits per heavy atom. The summed E-state index contributed by atoms with van der Waals surface area (Å²) in [5.41, 5.74) is 10.1. The van der Waals surface area contributed by atoms with E-state index in [-0.39, 0.29) is 6.04 Å². The number of aliphatic imine (C=N–C) groups is 1. The number of hydrazine groups is 1. The predicted octanol–water partition coefficient (Wildman–Crippen LogP) is 7.96. The highest BCUT2D eigenvalue weighted by Gasteiger charge is 2.20. The van der Waals surface area contributed by atoms with Gasteiger partial charge in [-0.3, -0.25) is 20.8 Å². The lowest BCUT2D eigenvalue weighted by atomic mass is 9.93. The molecule has 0 amide bonds. The lowest BCUT2D eigenvalue weighted by Crippen LogP contribution is -2.39. The lowest BCUT2D eigenvalue weighted by molar-refractivity contribution is 0.246. The first kappa shape index (κ1) is 33.1. The van der Waals surface area contributed by atoms with Gasteiger partial charge in [-0.25, -0.2) is 0 Å². The quantitative estimate of drug-likeness (QED) is 0.0808. The molecule has 0 bridgehead atoms. The minimum atomic E-state index is 0.159. The number of nitrogens with zero attached hydrogens (tertiary/aromatic N) is 3. The van der Waals surface area contributed by atoms with E-state index < -0.39 is 0 Å². The average Bonchev–Trinajstić information content (AvgIpc) is 3.01. The first-order chi connectivity index (χ1) is 19.5. The molecule has 5 nitrogen and oxygen atoms in total. The van der Waals surface area contributed by atoms with Gasteiger partial charge in [0.15, 0.2) is 0 Å². The molecule has 2 unspecified atom stereocenters. The number of nitrogens with one attached hydrogen (secondary N) is 2. The smallest absolute Gasteiger partial charge is 0.125 e. The van der Waals surface area contributed by atoms with Crippen molar-refractivity contribution < 1.29 is 0 Å². The number of hydrogen-bond acceptors (Lipinski definition) is 4. The minimum Gasteiger partial charge on any atom is -0.301 e. The van der Waals surface area contributed by atoms with Gasteiger partial charge >= 0.3 is 0 Å². The molecule has 0 radical (unpaired) electrons. The van der Waals surface area contributed by atoms with Crippen LogP contribution in [-0.2, 0) is 0 Å². The first-order valence-corrected chi connectivity index (χ1v) is 15.2. The molecule has 1 aliphatic rings. The largest absolute Gasteiger partial charge is 0.301 e. The second-order valence-electron chi connectivity index (χ2n) is 9.86. The van der Waals surface area contributed by atoms with Gasteiger partial charge in [-0.15, -0.1) is 0 Å². The van der Waals surface area contributed by atoms with Crippen molar-refractivity contribution in [2.45, 2.75) is 73.3 Å². The molecule has 0 saturated heterocycles. The molecule has 0 saturated carbocycles. The highest BCUT2D eigenvalue weighted by Crippen LogP contribution is 2.21. The molecule has 0 spiro atoms. The first-order valence-electron chi connectivity index (χ1n) is 14.8. The molecule has 0 fully saturated rings. The Balaban J connectivity index is 0.00000274. The van der Waals surface area contributed by atoms with Crippen molar-refractivity contribution in [2.75, 3.05) is 19.6 Å². The van der Waals surface area contributed by atoms with Crippen molar-refractivity contribution in [1.82, 2.24) is 20.7 Å². The van der Waals surface area contributed by atoms with E-state index in [1.54, 1.807) is 18.1 Å². The molecule has 3 rings (SSSR count). The highest BCUT2D eigenvalue weighted by atomic mass is 32.1. The number of allylic oxidation sites excluding steroid dienone is 7. The van der Waals surface area contributed by atoms with Crippen LogP contribution in [0.15, 0.2) is 89.3 Å². The molecular weight excluding hydrogens is 510 g/mol. The van der Waals surface area contributed by atoms with Gasteiger partial charge in [0, 0.05) is 36.4 Å². The molecular formula is C34H49N5S. The van der Waals surface area contributed by atoms with Crippen molar-refractivity contribution in [3.8, 4) is 0 Å². The molecule has 1 heterocycles. The predicted molar refractivity (Wildman–Crippen MR) is 179 cm³/mol. The number of fused-ring (bicyclic) bond motifs is 1. The topological polar surface area (TPSA) is 52.5 Å². The number of rotatable bonds is 14. The van der Waals surface area contributed by atoms with E-state index in [4.69, 9.17) is 17.2 Å². The van der Waals surface area contributed by atoms with Crippen LogP contribution < -0.4 is 10.9 Å². The minimum absolute atomic E-state index is 0.159. The molecule has 1 aromatic heterocycles. The Morgan fingerprint density at radius 3 is 2.73 bits per heavy atom. The van der Waals surface area contributed by atoms with Gasteiger partial charge in [-0.05, 0) is 69.5 Å². The number of pyridine rings is 1. The molecule has 2 aromatic rings. The Morgan fingerprint density at radius 1 is 1.20 bits per heavy atom. The SMILES string of the molecule is C/C=C\C(=C/C)CC(C)C(CN(CC)CCC1=CC=CCC1)N=CNNC(=S)c1ccc2cnccc2c1.CC. The van der Waals surface area contributed by atoms with E-state index in [2.05, 4.69) is 91.0 Å². The maximum Gasteiger partial charge on any atom is 0.125 e. The Hall–Kier alpha value is -3.09. The maximum absolute atomic E-state index is 5.62. The molecule has 216 valence electrons. The fourth-order valence-corrected chi connectivity index (χ4v) is 4.90. The van der Waals surface area contributed by atoms with Gasteiger partial charge < -0.3 is 4.90 Å². The summed E-state index contributed by atoms with van der Waals surface area (Å²) in [6.07, 6.45) is 23.1. The second-order valence-corrected chi connectivity index (χ2v) is 10.3. The highest BCUT2D eigenvalue weighted by molar-refractivity contribution is 7.80. The van der Waals surface area contributed by atoms with E-state index in [0.29, 0.717) is 10.9 Å². The summed E-state index contributed by atoms with van der Waals surface area (Å²) in [5, 5.41) is 2.21. The lowest BCUT2D eigenvalue weighted by Gasteiger charge is -2.28. The summed E-state index contributed by atoms with van der Waals surface area (Å²) in [4.78, 5) is 12.3. The number of likely N-dealkylation sites (N-methyl/N-ethyl adjacent to an activating group) is 1. The van der Waals surface area contributed by atoms with Crippen LogP contribution in [0, 0.1) is 5.92 Å². The number of aromatic nitrogens is 1. The summed E-state index contributed by atoms with van der Waals surface area (Å²) >= 11 is 5.62. The summed E-state index contributed by atoms with van der Waals surface area (Å²) in [5.74, 6) is 0.391. The Labute approximate surface area is 248 Å². The monoisotopic (exact) mass is 559 g/mol. The number of hydrogen-bond donors (Lipinski definition) is 2. The normalized spacial score (nSPS) is 15.2. The summed E-state index contributed by atoms with van der Waals surface area (Å²) in [6, 6.07) is 8.29. The van der Waals surface area contributed by atoms with Crippen LogP contribution >= 0.6 is 12.2 Å². The van der Waals surface area contributed by atoms with Gasteiger partial charge in [0.05, 0.1) is 6.04 Å². The van der Waals surface area contributed by atoms with Crippen molar-refractivity contribution >= 4 is 34.3 Å². The molecule has 1 aliphatic carbocycles. The van der Waals surface area contributed by atoms with Crippen molar-refractivity contribution in [2.24, 2.45) is 10.9 Å². The zero-order valence-electron chi connectivity index (χ0n) is 25.4. The van der Waals surface area contributed by atoms with Gasteiger partial charge in [0.2, 0.25) is 0 Å². The Bertz CT molecular complexity index is 1190. The van der Waals surface area contributed by atoms with Crippen LogP contribution in [-0.4, -0.2) is 46.9 Å². The fourth-order valence-electron chi connectivity index (χ4n) is 4.71. The zero-order valence-corrected chi connectivity index (χ0v) is 26.2. The van der Waals surface area contributed by atoms with Gasteiger partial charge in [0.1, 0.15) is 11.3 Å². The van der Waals surface area contributed by atoms with E-state index in [9.17, 15) is 0 Å². The van der Waals surface area contributed by atoms with Gasteiger partial charge in [-0.2, -0.15) is 0 Å². The van der Waals surface area contributed by atoms with E-state index >= 15 is 0 Å². The fraction of sp³-hybridized carbons (Fsp3) is 0.441. The third kappa shape index (κ3) is 11.2. The van der Waals surface area contributed by atoms with Crippen LogP contribution in [0.2, 0.25) is 0 Å². The van der Waals surface area contributed by atoms with E-state index in [1.165, 1.54) is 12.0 Å². The number of thiocarbonyl (C=S) groups is 1. The zero-order chi connectivity index (χ0) is 29.2. The Kier molecular flexibility index (Phi) is 15.8. The molecule has 2 N–H and O–H groups in total. The van der Waals surface area contributed by atoms with Crippen LogP contribution in [0.4, 0.5) is 0 Å². The van der Waals surface area contributed by atoms with Crippen molar-refractivity contribution in [3.63, 3.8) is 0 Å². The third-order valence-corrected chi connectivity index (χ3v) is 7.46. The standard InChI is InChI=1S/C32H43N5S.C2H6/c1-5-11-26(6-2)20-25(4)31(23-37(7-3)19-17-27-12-9-8-10-13-27)34-24-35-36-32(38)29-14-15-30-22-33-18-16-28(30)21-29;1-2/h5-6,8-9,11-12,14-16,18,21-22,24-25,31H,7,10,13,17,19-20,23H2,1-4H3,(H,34,35)(H,36,38);1-2H3/b11-5-,26-6+;. The van der Waals surface area contributed by atoms with Crippen LogP contribution in [0.25, 0.3) is 10.8 Å². The van der Waals surface area contributed by atoms with E-state index in [1.807, 2.05) is 38.2 Å². The summed E-state index contributed by atoms with van der Waals surface area (Å²) in [7, 11) is 0. The maximum atomic E-state index is 5.62. The van der Waals surface area contributed by atoms with Crippen LogP contribution in [0.3, 0.4) is 0 Å². The summed E-state index contributed by atoms with van der Waals surface area (Å²) < 4.78 is 0. The molecule has 1 aromatic carbocycles. The molecule has 6 heteroatoms.